The lowest BCUT2D eigenvalue weighted by molar-refractivity contribution is 0.0240. The van der Waals surface area contributed by atoms with Gasteiger partial charge in [-0.15, -0.1) is 0 Å². The molecule has 0 bridgehead atoms. The summed E-state index contributed by atoms with van der Waals surface area (Å²) in [5.74, 6) is 0. The zero-order chi connectivity index (χ0) is 16.8. The molecule has 0 N–H and O–H groups in total. The summed E-state index contributed by atoms with van der Waals surface area (Å²) in [5.41, 5.74) is 0.761. The van der Waals surface area contributed by atoms with E-state index in [1.165, 1.54) is 5.69 Å². The topological polar surface area (TPSA) is 32.8 Å². The first-order valence-electron chi connectivity index (χ1n) is 7.83. The fraction of sp³-hybridized carbons (Fsp3) is 0.588. The Morgan fingerprint density at radius 1 is 1.05 bits per heavy atom. The summed E-state index contributed by atoms with van der Waals surface area (Å²) >= 11 is 3.44. The molecule has 1 aliphatic rings. The van der Waals surface area contributed by atoms with E-state index in [1.807, 2.05) is 46.8 Å². The van der Waals surface area contributed by atoms with Gasteiger partial charge in [-0.2, -0.15) is 0 Å². The van der Waals surface area contributed by atoms with Gasteiger partial charge in [-0.1, -0.05) is 29.8 Å². The Hall–Kier alpha value is -1.23. The molecule has 0 unspecified atom stereocenters. The fourth-order valence-corrected chi connectivity index (χ4v) is 2.39. The Balaban J connectivity index is 0.00000116. The number of carbonyl (C=O) groups excluding carboxylic acids is 1. The molecule has 0 spiro atoms. The van der Waals surface area contributed by atoms with Gasteiger partial charge in [0, 0.05) is 36.3 Å². The first-order chi connectivity index (χ1) is 10.3. The Labute approximate surface area is 142 Å². The van der Waals surface area contributed by atoms with Gasteiger partial charge in [-0.25, -0.2) is 4.79 Å². The molecule has 1 fully saturated rings. The third-order valence-electron chi connectivity index (χ3n) is 3.12. The van der Waals surface area contributed by atoms with Crippen molar-refractivity contribution >= 4 is 27.7 Å². The summed E-state index contributed by atoms with van der Waals surface area (Å²) in [4.78, 5) is 16.0. The first kappa shape index (κ1) is 18.8. The molecule has 1 aromatic rings. The molecule has 2 rings (SSSR count). The van der Waals surface area contributed by atoms with Gasteiger partial charge < -0.3 is 14.5 Å². The minimum absolute atomic E-state index is 0.215. The second-order valence-electron chi connectivity index (χ2n) is 5.93. The molecule has 0 aromatic heterocycles. The molecule has 0 atom stereocenters. The quantitative estimate of drug-likeness (QED) is 0.727. The molecule has 0 aliphatic carbocycles. The van der Waals surface area contributed by atoms with Crippen LogP contribution in [0.4, 0.5) is 10.5 Å². The van der Waals surface area contributed by atoms with Gasteiger partial charge >= 0.3 is 6.09 Å². The van der Waals surface area contributed by atoms with Crippen LogP contribution < -0.4 is 4.90 Å². The van der Waals surface area contributed by atoms with Gasteiger partial charge in [0.25, 0.3) is 0 Å². The molecule has 0 radical (unpaired) electrons. The maximum absolute atomic E-state index is 12.0. The lowest BCUT2D eigenvalue weighted by Crippen LogP contribution is -2.50. The van der Waals surface area contributed by atoms with E-state index in [9.17, 15) is 4.79 Å². The highest BCUT2D eigenvalue weighted by Gasteiger charge is 2.25. The van der Waals surface area contributed by atoms with Gasteiger partial charge in [0.1, 0.15) is 5.60 Å². The number of hydrogen-bond donors (Lipinski definition) is 0. The minimum atomic E-state index is -0.431. The Bertz CT molecular complexity index is 461. The van der Waals surface area contributed by atoms with Crippen LogP contribution in [0.25, 0.3) is 0 Å². The van der Waals surface area contributed by atoms with E-state index in [0.717, 1.165) is 17.6 Å². The average Bonchev–Trinajstić information content (AvgIpc) is 2.48. The number of amides is 1. The Kier molecular flexibility index (Phi) is 7.20. The van der Waals surface area contributed by atoms with Crippen molar-refractivity contribution in [2.75, 3.05) is 31.1 Å². The predicted octanol–water partition coefficient (Wildman–Crippen LogP) is 4.53. The summed E-state index contributed by atoms with van der Waals surface area (Å²) in [5, 5.41) is 0. The highest BCUT2D eigenvalue weighted by molar-refractivity contribution is 9.10. The van der Waals surface area contributed by atoms with Gasteiger partial charge in [0.15, 0.2) is 0 Å². The Morgan fingerprint density at radius 2 is 1.55 bits per heavy atom. The molecule has 1 aromatic carbocycles. The Morgan fingerprint density at radius 3 is 2.00 bits per heavy atom. The molecule has 22 heavy (non-hydrogen) atoms. The third kappa shape index (κ3) is 5.87. The van der Waals surface area contributed by atoms with Crippen molar-refractivity contribution in [2.45, 2.75) is 40.2 Å². The lowest BCUT2D eigenvalue weighted by Gasteiger charge is -2.36. The lowest BCUT2D eigenvalue weighted by atomic mass is 10.2. The van der Waals surface area contributed by atoms with Crippen LogP contribution in [0.3, 0.4) is 0 Å². The van der Waals surface area contributed by atoms with E-state index in [0.29, 0.717) is 13.1 Å². The second kappa shape index (κ2) is 8.42. The number of carbonyl (C=O) groups is 1. The number of ether oxygens (including phenoxy) is 1. The van der Waals surface area contributed by atoms with Crippen molar-refractivity contribution in [2.24, 2.45) is 0 Å². The van der Waals surface area contributed by atoms with Crippen LogP contribution in [0.2, 0.25) is 0 Å². The summed E-state index contributed by atoms with van der Waals surface area (Å²) < 4.78 is 6.47. The molecule has 1 saturated heterocycles. The molecule has 5 heteroatoms. The van der Waals surface area contributed by atoms with Gasteiger partial charge in [-0.3, -0.25) is 0 Å². The molecular formula is C17H27BrN2O2. The number of anilines is 1. The molecule has 1 amide bonds. The van der Waals surface area contributed by atoms with Crippen LogP contribution in [-0.2, 0) is 4.74 Å². The van der Waals surface area contributed by atoms with E-state index in [-0.39, 0.29) is 6.09 Å². The molecule has 124 valence electrons. The summed E-state index contributed by atoms with van der Waals surface area (Å²) in [6.07, 6.45) is -0.215. The van der Waals surface area contributed by atoms with Crippen molar-refractivity contribution in [3.63, 3.8) is 0 Å². The first-order valence-corrected chi connectivity index (χ1v) is 8.63. The molecule has 4 nitrogen and oxygen atoms in total. The highest BCUT2D eigenvalue weighted by atomic mass is 79.9. The summed E-state index contributed by atoms with van der Waals surface area (Å²) in [6.45, 7) is 12.7. The van der Waals surface area contributed by atoms with Crippen molar-refractivity contribution in [1.29, 1.82) is 0 Å². The van der Waals surface area contributed by atoms with Crippen LogP contribution >= 0.6 is 15.9 Å². The van der Waals surface area contributed by atoms with E-state index in [4.69, 9.17) is 4.74 Å². The van der Waals surface area contributed by atoms with Crippen LogP contribution in [-0.4, -0.2) is 42.8 Å². The molecule has 1 heterocycles. The number of rotatable bonds is 1. The zero-order valence-corrected chi connectivity index (χ0v) is 15.8. The highest BCUT2D eigenvalue weighted by Crippen LogP contribution is 2.20. The number of piperazine rings is 1. The van der Waals surface area contributed by atoms with Crippen LogP contribution in [0.15, 0.2) is 28.7 Å². The minimum Gasteiger partial charge on any atom is -0.444 e. The number of nitrogens with zero attached hydrogens (tertiary/aromatic N) is 2. The third-order valence-corrected chi connectivity index (χ3v) is 3.65. The summed E-state index contributed by atoms with van der Waals surface area (Å²) in [6, 6.07) is 8.26. The molecular weight excluding hydrogens is 344 g/mol. The number of hydrogen-bond acceptors (Lipinski definition) is 3. The van der Waals surface area contributed by atoms with Crippen LogP contribution in [0, 0.1) is 0 Å². The maximum atomic E-state index is 12.0. The van der Waals surface area contributed by atoms with Gasteiger partial charge in [-0.05, 0) is 45.0 Å². The second-order valence-corrected chi connectivity index (χ2v) is 6.85. The van der Waals surface area contributed by atoms with E-state index in [1.54, 1.807) is 4.90 Å². The van der Waals surface area contributed by atoms with Crippen molar-refractivity contribution in [3.05, 3.63) is 28.7 Å². The van der Waals surface area contributed by atoms with Crippen LogP contribution in [0.5, 0.6) is 0 Å². The van der Waals surface area contributed by atoms with E-state index >= 15 is 0 Å². The standard InChI is InChI=1S/C15H21BrN2O2.C2H6/c1-15(2,3)20-14(19)18-10-8-17(9-11-18)13-6-4-12(16)5-7-13;1-2/h4-7H,8-11H2,1-3H3;1-2H3. The van der Waals surface area contributed by atoms with Gasteiger partial charge in [0.2, 0.25) is 0 Å². The average molecular weight is 371 g/mol. The monoisotopic (exact) mass is 370 g/mol. The number of benzene rings is 1. The number of halogens is 1. The van der Waals surface area contributed by atoms with E-state index < -0.39 is 5.60 Å². The SMILES string of the molecule is CC.CC(C)(C)OC(=O)N1CCN(c2ccc(Br)cc2)CC1. The van der Waals surface area contributed by atoms with E-state index in [2.05, 4.69) is 33.0 Å². The predicted molar refractivity (Wildman–Crippen MR) is 95.5 cm³/mol. The normalized spacial score (nSPS) is 15.0. The molecule has 1 aliphatic heterocycles. The van der Waals surface area contributed by atoms with Crippen LogP contribution in [0.1, 0.15) is 34.6 Å². The molecule has 0 saturated carbocycles. The van der Waals surface area contributed by atoms with Gasteiger partial charge in [0.05, 0.1) is 0 Å². The maximum Gasteiger partial charge on any atom is 0.410 e. The summed E-state index contributed by atoms with van der Waals surface area (Å²) in [7, 11) is 0. The zero-order valence-electron chi connectivity index (χ0n) is 14.2. The largest absolute Gasteiger partial charge is 0.444 e. The van der Waals surface area contributed by atoms with Crippen molar-refractivity contribution in [3.8, 4) is 0 Å². The van der Waals surface area contributed by atoms with Crippen molar-refractivity contribution in [1.82, 2.24) is 4.90 Å². The van der Waals surface area contributed by atoms with Crippen molar-refractivity contribution < 1.29 is 9.53 Å². The fourth-order valence-electron chi connectivity index (χ4n) is 2.13. The smallest absolute Gasteiger partial charge is 0.410 e.